The van der Waals surface area contributed by atoms with Gasteiger partial charge < -0.3 is 59.5 Å². The molecule has 0 N–H and O–H groups in total. The van der Waals surface area contributed by atoms with Crippen molar-refractivity contribution in [1.29, 1.82) is 0 Å². The van der Waals surface area contributed by atoms with Crippen LogP contribution in [0.15, 0.2) is 0 Å². The van der Waals surface area contributed by atoms with Crippen LogP contribution >= 0.6 is 24.4 Å². The molecule has 276 valence electrons. The Balaban J connectivity index is -0.000000807. The molecule has 0 saturated heterocycles. The van der Waals surface area contributed by atoms with Gasteiger partial charge in [0.05, 0.1) is 0 Å². The minimum Gasteiger partial charge on any atom is -0.411 e. The Morgan fingerprint density at radius 1 is 0.383 bits per heavy atom. The van der Waals surface area contributed by atoms with Gasteiger partial charge in [-0.25, -0.2) is 0 Å². The fraction of sp³-hybridized carbons (Fsp3) is 0.950. The van der Waals surface area contributed by atoms with Crippen molar-refractivity contribution >= 4 is 58.3 Å². The van der Waals surface area contributed by atoms with Gasteiger partial charge in [0.15, 0.2) is 0 Å². The van der Waals surface area contributed by atoms with E-state index in [2.05, 4.69) is 51.3 Å². The first-order valence-corrected chi connectivity index (χ1v) is 21.8. The molecule has 0 amide bonds. The summed E-state index contributed by atoms with van der Waals surface area (Å²) in [6.07, 6.45) is 39.3. The van der Waals surface area contributed by atoms with Crippen LogP contribution in [0.1, 0.15) is 221 Å². The van der Waals surface area contributed by atoms with E-state index in [1.165, 1.54) is 180 Å². The standard InChI is InChI=1S/2C20H41NS2.Zn/c2*1-4-5-6-7-8-9-10-11-12-13-14-15-16-17-18-21(19(2)3)20(22)23;/h2*19H,4-18H2,1-3H3,(H,22,23);/q;;+2/p-2. The Bertz CT molecular complexity index is 594. The molecule has 0 fully saturated rings. The molecule has 0 unspecified atom stereocenters. The second-order valence-electron chi connectivity index (χ2n) is 14.3. The second kappa shape index (κ2) is 41.3. The molecule has 0 aromatic rings. The summed E-state index contributed by atoms with van der Waals surface area (Å²) >= 11 is 20.5. The number of thiocarbonyl (C=S) groups is 2. The molecule has 0 atom stereocenters. The van der Waals surface area contributed by atoms with E-state index in [1.54, 1.807) is 0 Å². The monoisotopic (exact) mass is 780 g/mol. The Morgan fingerprint density at radius 2 is 0.553 bits per heavy atom. The maximum atomic E-state index is 5.13. The molecule has 0 aliphatic heterocycles. The first kappa shape index (κ1) is 52.2. The Hall–Kier alpha value is 0.843. The Labute approximate surface area is 331 Å². The summed E-state index contributed by atoms with van der Waals surface area (Å²) in [5.74, 6) is 0. The molecule has 0 aliphatic rings. The number of hydrogen-bond donors (Lipinski definition) is 0. The molecule has 7 heteroatoms. The van der Waals surface area contributed by atoms with Crippen LogP contribution in [0.2, 0.25) is 0 Å². The van der Waals surface area contributed by atoms with Gasteiger partial charge in [-0.15, -0.1) is 0 Å². The summed E-state index contributed by atoms with van der Waals surface area (Å²) in [5.41, 5.74) is 0. The van der Waals surface area contributed by atoms with Crippen LogP contribution in [-0.2, 0) is 44.7 Å². The fourth-order valence-electron chi connectivity index (χ4n) is 6.07. The van der Waals surface area contributed by atoms with Gasteiger partial charge in [-0.2, -0.15) is 0 Å². The summed E-state index contributed by atoms with van der Waals surface area (Å²) in [6, 6.07) is 0.893. The Morgan fingerprint density at radius 3 is 0.702 bits per heavy atom. The van der Waals surface area contributed by atoms with Crippen LogP contribution in [0.4, 0.5) is 0 Å². The van der Waals surface area contributed by atoms with E-state index in [0.717, 1.165) is 13.1 Å². The zero-order valence-corrected chi connectivity index (χ0v) is 38.8. The maximum absolute atomic E-state index is 5.13. The molecule has 0 aliphatic carbocycles. The summed E-state index contributed by atoms with van der Waals surface area (Å²) in [5, 5.41) is 0. The van der Waals surface area contributed by atoms with E-state index in [-0.39, 0.29) is 19.5 Å². The normalized spacial score (nSPS) is 10.9. The minimum atomic E-state index is 0. The molecule has 47 heavy (non-hydrogen) atoms. The molecule has 0 aromatic heterocycles. The number of nitrogens with zero attached hydrogens (tertiary/aromatic N) is 2. The van der Waals surface area contributed by atoms with Crippen LogP contribution in [-0.4, -0.2) is 43.6 Å². The van der Waals surface area contributed by atoms with Gasteiger partial charge in [-0.1, -0.05) is 189 Å². The van der Waals surface area contributed by atoms with Gasteiger partial charge in [0.2, 0.25) is 0 Å². The first-order chi connectivity index (χ1) is 22.2. The largest absolute Gasteiger partial charge is 2.00 e. The van der Waals surface area contributed by atoms with Gasteiger partial charge in [0, 0.05) is 25.2 Å². The zero-order chi connectivity index (χ0) is 34.7. The number of unbranched alkanes of at least 4 members (excludes halogenated alkanes) is 26. The molecule has 0 heterocycles. The molecular weight excluding hydrogens is 702 g/mol. The number of rotatable bonds is 32. The molecular formula is C40H80N2S4Zn. The van der Waals surface area contributed by atoms with Gasteiger partial charge in [0.25, 0.3) is 0 Å². The van der Waals surface area contributed by atoms with Crippen LogP contribution in [0, 0.1) is 0 Å². The van der Waals surface area contributed by atoms with Gasteiger partial charge in [-0.05, 0) is 40.5 Å². The average molecular weight is 783 g/mol. The summed E-state index contributed by atoms with van der Waals surface area (Å²) in [7, 11) is 0. The molecule has 0 radical (unpaired) electrons. The van der Waals surface area contributed by atoms with Crippen molar-refractivity contribution in [3.8, 4) is 0 Å². The van der Waals surface area contributed by atoms with Gasteiger partial charge in [-0.3, -0.25) is 0 Å². The summed E-state index contributed by atoms with van der Waals surface area (Å²) in [4.78, 5) is 4.34. The molecule has 2 nitrogen and oxygen atoms in total. The van der Waals surface area contributed by atoms with Crippen molar-refractivity contribution < 1.29 is 19.5 Å². The minimum absolute atomic E-state index is 0. The third-order valence-electron chi connectivity index (χ3n) is 9.22. The van der Waals surface area contributed by atoms with E-state index >= 15 is 0 Å². The van der Waals surface area contributed by atoms with Crippen molar-refractivity contribution in [2.45, 2.75) is 233 Å². The smallest absolute Gasteiger partial charge is 0.411 e. The average Bonchev–Trinajstić information content (AvgIpc) is 3.00. The summed E-state index contributed by atoms with van der Waals surface area (Å²) in [6.45, 7) is 15.3. The van der Waals surface area contributed by atoms with Gasteiger partial charge >= 0.3 is 19.5 Å². The Kier molecular flexibility index (Phi) is 45.8. The second-order valence-corrected chi connectivity index (χ2v) is 16.4. The molecule has 0 saturated carbocycles. The van der Waals surface area contributed by atoms with Crippen molar-refractivity contribution in [3.63, 3.8) is 0 Å². The van der Waals surface area contributed by atoms with Crippen LogP contribution in [0.3, 0.4) is 0 Å². The SMILES string of the molecule is CCCCCCCCCCCCCCCCN(C(=S)[S-])C(C)C.CCCCCCCCCCCCCCCCN(C(=S)[S-])C(C)C.[Zn+2]. The predicted molar refractivity (Wildman–Crippen MR) is 224 cm³/mol. The van der Waals surface area contributed by atoms with Crippen LogP contribution in [0.25, 0.3) is 0 Å². The van der Waals surface area contributed by atoms with E-state index in [1.807, 2.05) is 0 Å². The van der Waals surface area contributed by atoms with Crippen molar-refractivity contribution in [3.05, 3.63) is 0 Å². The van der Waals surface area contributed by atoms with Crippen LogP contribution in [0.5, 0.6) is 0 Å². The quantitative estimate of drug-likeness (QED) is 0.0288. The summed E-state index contributed by atoms with van der Waals surface area (Å²) < 4.78 is 1.27. The molecule has 0 spiro atoms. The van der Waals surface area contributed by atoms with Crippen LogP contribution < -0.4 is 0 Å². The third-order valence-corrected chi connectivity index (χ3v) is 10.2. The first-order valence-electron chi connectivity index (χ1n) is 20.1. The topological polar surface area (TPSA) is 6.48 Å². The van der Waals surface area contributed by atoms with Gasteiger partial charge in [0.1, 0.15) is 0 Å². The molecule has 0 aromatic carbocycles. The fourth-order valence-corrected chi connectivity index (χ4v) is 7.28. The molecule has 0 rings (SSSR count). The third kappa shape index (κ3) is 39.5. The zero-order valence-electron chi connectivity index (χ0n) is 32.6. The molecule has 0 bridgehead atoms. The van der Waals surface area contributed by atoms with E-state index < -0.39 is 0 Å². The number of hydrogen-bond acceptors (Lipinski definition) is 4. The van der Waals surface area contributed by atoms with Crippen molar-refractivity contribution in [1.82, 2.24) is 9.80 Å². The van der Waals surface area contributed by atoms with Crippen molar-refractivity contribution in [2.24, 2.45) is 0 Å². The maximum Gasteiger partial charge on any atom is 2.00 e. The van der Waals surface area contributed by atoms with E-state index in [0.29, 0.717) is 20.7 Å². The van der Waals surface area contributed by atoms with E-state index in [4.69, 9.17) is 49.7 Å². The predicted octanol–water partition coefficient (Wildman–Crippen LogP) is 14.0. The van der Waals surface area contributed by atoms with E-state index in [9.17, 15) is 0 Å². The van der Waals surface area contributed by atoms with Crippen molar-refractivity contribution in [2.75, 3.05) is 13.1 Å².